The number of ether oxygens (including phenoxy) is 2. The molecule has 0 unspecified atom stereocenters. The second-order valence-corrected chi connectivity index (χ2v) is 7.06. The molecule has 138 valence electrons. The van der Waals surface area contributed by atoms with Gasteiger partial charge in [-0.1, -0.05) is 18.2 Å². The van der Waals surface area contributed by atoms with E-state index in [0.717, 1.165) is 16.9 Å². The van der Waals surface area contributed by atoms with E-state index in [2.05, 4.69) is 0 Å². The first-order valence-electron chi connectivity index (χ1n) is 8.85. The molecule has 2 aliphatic heterocycles. The number of hydrogen-bond acceptors (Lipinski definition) is 5. The zero-order chi connectivity index (χ0) is 19.1. The van der Waals surface area contributed by atoms with Crippen molar-refractivity contribution in [1.29, 1.82) is 0 Å². The minimum atomic E-state index is -0.192. The highest BCUT2D eigenvalue weighted by atomic mass is 16.5. The predicted octanol–water partition coefficient (Wildman–Crippen LogP) is 3.78. The molecule has 2 aromatic rings. The molecule has 0 radical (unpaired) electrons. The standard InChI is InChI=1S/C22H21NO4/c1-13-15(10-14-6-4-5-7-19(14)26-13)11-20-21(25)16-8-9-18(24)17(12-23(2)3)22(16)27-20/h4-11,13,24H,12H2,1-3H3/t13-/m0/s1. The monoisotopic (exact) mass is 363 g/mol. The summed E-state index contributed by atoms with van der Waals surface area (Å²) in [5.74, 6) is 1.45. The van der Waals surface area contributed by atoms with E-state index in [-0.39, 0.29) is 23.4 Å². The highest BCUT2D eigenvalue weighted by Crippen LogP contribution is 2.40. The Labute approximate surface area is 158 Å². The van der Waals surface area contributed by atoms with Crippen LogP contribution in [0.25, 0.3) is 6.08 Å². The van der Waals surface area contributed by atoms with E-state index in [4.69, 9.17) is 9.47 Å². The number of phenols is 1. The molecule has 0 saturated heterocycles. The van der Waals surface area contributed by atoms with Gasteiger partial charge < -0.3 is 19.5 Å². The van der Waals surface area contributed by atoms with Crippen LogP contribution in [-0.4, -0.2) is 36.0 Å². The maximum atomic E-state index is 12.8. The number of benzene rings is 2. The fourth-order valence-corrected chi connectivity index (χ4v) is 3.34. The van der Waals surface area contributed by atoms with Gasteiger partial charge in [-0.25, -0.2) is 0 Å². The molecule has 0 saturated carbocycles. The molecule has 0 aromatic heterocycles. The molecule has 0 amide bonds. The largest absolute Gasteiger partial charge is 0.507 e. The lowest BCUT2D eigenvalue weighted by Crippen LogP contribution is -2.18. The van der Waals surface area contributed by atoms with Crippen LogP contribution in [0.15, 0.2) is 53.8 Å². The van der Waals surface area contributed by atoms with E-state index in [9.17, 15) is 9.90 Å². The van der Waals surface area contributed by atoms with Crippen LogP contribution >= 0.6 is 0 Å². The van der Waals surface area contributed by atoms with Crippen LogP contribution in [0.4, 0.5) is 0 Å². The number of phenolic OH excluding ortho intramolecular Hbond substituents is 1. The third-order valence-electron chi connectivity index (χ3n) is 4.70. The van der Waals surface area contributed by atoms with Gasteiger partial charge >= 0.3 is 0 Å². The topological polar surface area (TPSA) is 59.0 Å². The Morgan fingerprint density at radius 3 is 2.74 bits per heavy atom. The smallest absolute Gasteiger partial charge is 0.231 e. The first-order valence-corrected chi connectivity index (χ1v) is 8.85. The number of aromatic hydroxyl groups is 1. The third-order valence-corrected chi connectivity index (χ3v) is 4.70. The Morgan fingerprint density at radius 1 is 1.19 bits per heavy atom. The summed E-state index contributed by atoms with van der Waals surface area (Å²) in [6.07, 6.45) is 3.55. The van der Waals surface area contributed by atoms with E-state index in [1.54, 1.807) is 18.2 Å². The molecule has 0 aliphatic carbocycles. The van der Waals surface area contributed by atoms with Gasteiger partial charge in [0.25, 0.3) is 0 Å². The van der Waals surface area contributed by atoms with Gasteiger partial charge in [0.2, 0.25) is 5.78 Å². The summed E-state index contributed by atoms with van der Waals surface area (Å²) in [7, 11) is 3.80. The SMILES string of the molecule is C[C@@H]1Oc2ccccc2C=C1C=C1Oc2c(ccc(O)c2CN(C)C)C1=O. The summed E-state index contributed by atoms with van der Waals surface area (Å²) >= 11 is 0. The van der Waals surface area contributed by atoms with Crippen LogP contribution < -0.4 is 9.47 Å². The molecule has 4 rings (SSSR count). The van der Waals surface area contributed by atoms with Crippen molar-refractivity contribution < 1.29 is 19.4 Å². The fraction of sp³-hybridized carbons (Fsp3) is 0.227. The molecule has 1 atom stereocenters. The lowest BCUT2D eigenvalue weighted by molar-refractivity contribution is 0.101. The van der Waals surface area contributed by atoms with E-state index < -0.39 is 0 Å². The van der Waals surface area contributed by atoms with Crippen molar-refractivity contribution in [2.75, 3.05) is 14.1 Å². The predicted molar refractivity (Wildman–Crippen MR) is 103 cm³/mol. The average Bonchev–Trinajstić information content (AvgIpc) is 2.94. The number of hydrogen-bond donors (Lipinski definition) is 1. The van der Waals surface area contributed by atoms with Crippen molar-refractivity contribution >= 4 is 11.9 Å². The van der Waals surface area contributed by atoms with E-state index >= 15 is 0 Å². The Balaban J connectivity index is 1.72. The van der Waals surface area contributed by atoms with Crippen LogP contribution in [0, 0.1) is 0 Å². The van der Waals surface area contributed by atoms with Crippen molar-refractivity contribution in [3.05, 3.63) is 70.5 Å². The first-order chi connectivity index (χ1) is 12.9. The van der Waals surface area contributed by atoms with Crippen molar-refractivity contribution in [1.82, 2.24) is 4.90 Å². The maximum Gasteiger partial charge on any atom is 0.231 e. The molecule has 1 N–H and O–H groups in total. The molecule has 5 heteroatoms. The molecule has 27 heavy (non-hydrogen) atoms. The molecule has 2 heterocycles. The molecule has 2 aromatic carbocycles. The minimum Gasteiger partial charge on any atom is -0.507 e. The van der Waals surface area contributed by atoms with Crippen LogP contribution in [0.2, 0.25) is 0 Å². The molecule has 0 bridgehead atoms. The van der Waals surface area contributed by atoms with Crippen LogP contribution in [0.1, 0.15) is 28.4 Å². The van der Waals surface area contributed by atoms with E-state index in [0.29, 0.717) is 23.4 Å². The quantitative estimate of drug-likeness (QED) is 0.841. The molecular formula is C22H21NO4. The van der Waals surface area contributed by atoms with Crippen molar-refractivity contribution in [3.63, 3.8) is 0 Å². The summed E-state index contributed by atoms with van der Waals surface area (Å²) in [5, 5.41) is 10.2. The highest BCUT2D eigenvalue weighted by Gasteiger charge is 2.32. The Kier molecular flexibility index (Phi) is 4.24. The zero-order valence-electron chi connectivity index (χ0n) is 15.5. The maximum absolute atomic E-state index is 12.8. The van der Waals surface area contributed by atoms with Gasteiger partial charge in [-0.15, -0.1) is 0 Å². The Bertz CT molecular complexity index is 988. The van der Waals surface area contributed by atoms with E-state index in [1.807, 2.05) is 56.3 Å². The number of carbonyl (C=O) groups excluding carboxylic acids is 1. The summed E-state index contributed by atoms with van der Waals surface area (Å²) in [4.78, 5) is 14.7. The van der Waals surface area contributed by atoms with Crippen molar-refractivity contribution in [2.24, 2.45) is 0 Å². The molecular weight excluding hydrogens is 342 g/mol. The van der Waals surface area contributed by atoms with Crippen molar-refractivity contribution in [3.8, 4) is 17.2 Å². The highest BCUT2D eigenvalue weighted by molar-refractivity contribution is 6.13. The normalized spacial score (nSPS) is 19.4. The second kappa shape index (κ2) is 6.59. The number of Topliss-reactive ketones (excluding diaryl/α,β-unsaturated/α-hetero) is 1. The Morgan fingerprint density at radius 2 is 1.96 bits per heavy atom. The Hall–Kier alpha value is -3.05. The first kappa shape index (κ1) is 17.4. The summed E-state index contributed by atoms with van der Waals surface area (Å²) in [6.45, 7) is 2.42. The molecule has 2 aliphatic rings. The summed E-state index contributed by atoms with van der Waals surface area (Å²) in [5.41, 5.74) is 2.92. The lowest BCUT2D eigenvalue weighted by atomic mass is 10.0. The van der Waals surface area contributed by atoms with E-state index in [1.165, 1.54) is 0 Å². The number of fused-ring (bicyclic) bond motifs is 2. The number of allylic oxidation sites excluding steroid dienone is 1. The number of para-hydroxylation sites is 1. The average molecular weight is 363 g/mol. The molecule has 0 fully saturated rings. The molecule has 5 nitrogen and oxygen atoms in total. The van der Waals surface area contributed by atoms with Gasteiger partial charge in [-0.2, -0.15) is 0 Å². The van der Waals surface area contributed by atoms with Gasteiger partial charge in [-0.3, -0.25) is 4.79 Å². The van der Waals surface area contributed by atoms with Gasteiger partial charge in [-0.05, 0) is 56.9 Å². The zero-order valence-corrected chi connectivity index (χ0v) is 15.5. The van der Waals surface area contributed by atoms with Crippen molar-refractivity contribution in [2.45, 2.75) is 19.6 Å². The van der Waals surface area contributed by atoms with Gasteiger partial charge in [0.15, 0.2) is 5.76 Å². The number of ketones is 1. The van der Waals surface area contributed by atoms with Crippen LogP contribution in [0.3, 0.4) is 0 Å². The second-order valence-electron chi connectivity index (χ2n) is 7.06. The van der Waals surface area contributed by atoms with Gasteiger partial charge in [0.1, 0.15) is 23.4 Å². The van der Waals surface area contributed by atoms with Gasteiger partial charge in [0, 0.05) is 12.1 Å². The van der Waals surface area contributed by atoms with Crippen LogP contribution in [0.5, 0.6) is 17.2 Å². The summed E-state index contributed by atoms with van der Waals surface area (Å²) in [6, 6.07) is 10.9. The third kappa shape index (κ3) is 3.11. The number of carbonyl (C=O) groups is 1. The molecule has 0 spiro atoms. The fourth-order valence-electron chi connectivity index (χ4n) is 3.34. The number of rotatable bonds is 3. The summed E-state index contributed by atoms with van der Waals surface area (Å²) < 4.78 is 11.8. The van der Waals surface area contributed by atoms with Crippen LogP contribution in [-0.2, 0) is 6.54 Å². The van der Waals surface area contributed by atoms with Gasteiger partial charge in [0.05, 0.1) is 11.1 Å². The lowest BCUT2D eigenvalue weighted by Gasteiger charge is -2.22. The minimum absolute atomic E-state index is 0.124. The number of nitrogens with zero attached hydrogens (tertiary/aromatic N) is 1.